The lowest BCUT2D eigenvalue weighted by Crippen LogP contribution is -2.40. The second kappa shape index (κ2) is 7.84. The first-order chi connectivity index (χ1) is 13.2. The Balaban J connectivity index is 1.60. The van der Waals surface area contributed by atoms with Gasteiger partial charge in [0.05, 0.1) is 19.6 Å². The molecule has 1 unspecified atom stereocenters. The maximum atomic E-state index is 13.4. The summed E-state index contributed by atoms with van der Waals surface area (Å²) >= 11 is 1.66. The first-order valence-corrected chi connectivity index (χ1v) is 9.81. The molecular weight excluding hydrogens is 358 g/mol. The normalized spacial score (nSPS) is 15.5. The minimum absolute atomic E-state index is 0.0862. The molecule has 138 valence electrons. The van der Waals surface area contributed by atoms with Crippen LogP contribution in [0, 0.1) is 5.92 Å². The average molecular weight is 379 g/mol. The number of anilines is 1. The van der Waals surface area contributed by atoms with Crippen LogP contribution in [0.4, 0.5) is 5.69 Å². The van der Waals surface area contributed by atoms with E-state index in [1.807, 2.05) is 64.9 Å². The summed E-state index contributed by atoms with van der Waals surface area (Å²) in [4.78, 5) is 16.4. The van der Waals surface area contributed by atoms with E-state index in [2.05, 4.69) is 6.07 Å². The second-order valence-electron chi connectivity index (χ2n) is 6.52. The highest BCUT2D eigenvalue weighted by molar-refractivity contribution is 7.09. The number of methoxy groups -OCH3 is 1. The number of amides is 1. The lowest BCUT2D eigenvalue weighted by Gasteiger charge is -2.30. The number of ether oxygens (including phenoxy) is 2. The van der Waals surface area contributed by atoms with Gasteiger partial charge in [0.1, 0.15) is 18.1 Å². The summed E-state index contributed by atoms with van der Waals surface area (Å²) < 4.78 is 11.1. The predicted octanol–water partition coefficient (Wildman–Crippen LogP) is 4.54. The van der Waals surface area contributed by atoms with E-state index in [1.165, 1.54) is 0 Å². The number of para-hydroxylation sites is 1. The minimum atomic E-state index is -0.193. The molecule has 2 heterocycles. The molecule has 27 heavy (non-hydrogen) atoms. The first kappa shape index (κ1) is 17.6. The molecule has 0 spiro atoms. The molecule has 0 saturated carbocycles. The Morgan fingerprint density at radius 1 is 1.15 bits per heavy atom. The van der Waals surface area contributed by atoms with Crippen molar-refractivity contribution in [2.75, 3.05) is 18.6 Å². The number of hydrogen-bond acceptors (Lipinski definition) is 4. The fourth-order valence-corrected chi connectivity index (χ4v) is 4.02. The molecule has 4 rings (SSSR count). The number of rotatable bonds is 5. The molecule has 2 aromatic carbocycles. The van der Waals surface area contributed by atoms with Crippen molar-refractivity contribution in [2.24, 2.45) is 5.92 Å². The Morgan fingerprint density at radius 3 is 2.70 bits per heavy atom. The van der Waals surface area contributed by atoms with Crippen LogP contribution in [-0.4, -0.2) is 19.6 Å². The van der Waals surface area contributed by atoms with Crippen molar-refractivity contribution in [3.05, 3.63) is 76.5 Å². The summed E-state index contributed by atoms with van der Waals surface area (Å²) in [5.74, 6) is 1.55. The molecule has 3 aromatic rings. The average Bonchev–Trinajstić information content (AvgIpc) is 3.24. The van der Waals surface area contributed by atoms with Crippen LogP contribution in [0.25, 0.3) is 0 Å². The largest absolute Gasteiger partial charge is 0.497 e. The Hall–Kier alpha value is -2.79. The number of nitrogens with zero attached hydrogens (tertiary/aromatic N) is 1. The van der Waals surface area contributed by atoms with Gasteiger partial charge in [0.25, 0.3) is 0 Å². The molecule has 1 aliphatic rings. The van der Waals surface area contributed by atoms with Gasteiger partial charge in [-0.3, -0.25) is 4.79 Å². The van der Waals surface area contributed by atoms with Crippen molar-refractivity contribution >= 4 is 22.9 Å². The van der Waals surface area contributed by atoms with Crippen LogP contribution in [-0.2, 0) is 17.8 Å². The van der Waals surface area contributed by atoms with Crippen LogP contribution >= 0.6 is 11.3 Å². The molecule has 1 aliphatic heterocycles. The number of carbonyl (C=O) groups is 1. The van der Waals surface area contributed by atoms with Gasteiger partial charge in [0.15, 0.2) is 0 Å². The molecule has 0 fully saturated rings. The molecule has 5 heteroatoms. The van der Waals surface area contributed by atoms with E-state index in [0.717, 1.165) is 27.6 Å². The smallest absolute Gasteiger partial charge is 0.234 e. The molecule has 0 N–H and O–H groups in total. The Labute approximate surface area is 163 Å². The van der Waals surface area contributed by atoms with Crippen molar-refractivity contribution in [2.45, 2.75) is 13.0 Å². The molecule has 0 saturated heterocycles. The maximum absolute atomic E-state index is 13.4. The zero-order valence-corrected chi connectivity index (χ0v) is 15.9. The van der Waals surface area contributed by atoms with Gasteiger partial charge in [-0.1, -0.05) is 24.3 Å². The number of hydrogen-bond donors (Lipinski definition) is 0. The highest BCUT2D eigenvalue weighted by atomic mass is 32.1. The molecule has 0 bridgehead atoms. The summed E-state index contributed by atoms with van der Waals surface area (Å²) in [5, 5.41) is 2.03. The predicted molar refractivity (Wildman–Crippen MR) is 108 cm³/mol. The van der Waals surface area contributed by atoms with E-state index < -0.39 is 0 Å². The molecular formula is C22H21NO3S. The van der Waals surface area contributed by atoms with Crippen LogP contribution in [0.5, 0.6) is 11.5 Å². The standard InChI is InChI=1S/C22H21NO3S/c1-25-19-10-8-18(9-11-19)23(14-20-6-4-12-27-20)22(24)17-13-16-5-2-3-7-21(16)26-15-17/h2-12,17H,13-15H2,1H3. The SMILES string of the molecule is COc1ccc(N(Cc2cccs2)C(=O)C2COc3ccccc3C2)cc1. The highest BCUT2D eigenvalue weighted by Gasteiger charge is 2.30. The fourth-order valence-electron chi connectivity index (χ4n) is 3.32. The lowest BCUT2D eigenvalue weighted by molar-refractivity contribution is -0.123. The number of fused-ring (bicyclic) bond motifs is 1. The molecule has 0 radical (unpaired) electrons. The van der Waals surface area contributed by atoms with E-state index in [9.17, 15) is 4.79 Å². The number of thiophene rings is 1. The topological polar surface area (TPSA) is 38.8 Å². The summed E-state index contributed by atoms with van der Waals surface area (Å²) in [6.07, 6.45) is 0.700. The van der Waals surface area contributed by atoms with Crippen LogP contribution in [0.15, 0.2) is 66.0 Å². The fraction of sp³-hybridized carbons (Fsp3) is 0.227. The van der Waals surface area contributed by atoms with E-state index in [1.54, 1.807) is 18.4 Å². The van der Waals surface area contributed by atoms with Gasteiger partial charge in [0.2, 0.25) is 5.91 Å². The summed E-state index contributed by atoms with van der Waals surface area (Å²) in [6.45, 7) is 0.966. The van der Waals surface area contributed by atoms with E-state index in [0.29, 0.717) is 19.6 Å². The zero-order valence-electron chi connectivity index (χ0n) is 15.1. The van der Waals surface area contributed by atoms with Gasteiger partial charge < -0.3 is 14.4 Å². The number of benzene rings is 2. The van der Waals surface area contributed by atoms with E-state index in [-0.39, 0.29) is 11.8 Å². The van der Waals surface area contributed by atoms with E-state index >= 15 is 0 Å². The van der Waals surface area contributed by atoms with Crippen molar-refractivity contribution < 1.29 is 14.3 Å². The molecule has 1 atom stereocenters. The van der Waals surface area contributed by atoms with E-state index in [4.69, 9.17) is 9.47 Å². The highest BCUT2D eigenvalue weighted by Crippen LogP contribution is 2.30. The third-order valence-electron chi connectivity index (χ3n) is 4.77. The van der Waals surface area contributed by atoms with Crippen LogP contribution < -0.4 is 14.4 Å². The van der Waals surface area contributed by atoms with Crippen molar-refractivity contribution in [1.29, 1.82) is 0 Å². The number of carbonyl (C=O) groups excluding carboxylic acids is 1. The van der Waals surface area contributed by atoms with Gasteiger partial charge >= 0.3 is 0 Å². The van der Waals surface area contributed by atoms with Crippen LogP contribution in [0.3, 0.4) is 0 Å². The zero-order chi connectivity index (χ0) is 18.6. The molecule has 1 aromatic heterocycles. The van der Waals surface area contributed by atoms with Crippen molar-refractivity contribution in [1.82, 2.24) is 0 Å². The Bertz CT molecular complexity index is 906. The third-order valence-corrected chi connectivity index (χ3v) is 5.63. The van der Waals surface area contributed by atoms with Gasteiger partial charge in [-0.05, 0) is 53.8 Å². The lowest BCUT2D eigenvalue weighted by atomic mass is 9.95. The first-order valence-electron chi connectivity index (χ1n) is 8.93. The summed E-state index contributed by atoms with van der Waals surface area (Å²) in [6, 6.07) is 19.6. The van der Waals surface area contributed by atoms with Gasteiger partial charge in [-0.2, -0.15) is 0 Å². The Morgan fingerprint density at radius 2 is 1.96 bits per heavy atom. The summed E-state index contributed by atoms with van der Waals surface area (Å²) in [7, 11) is 1.64. The van der Waals surface area contributed by atoms with Crippen molar-refractivity contribution in [3.8, 4) is 11.5 Å². The molecule has 0 aliphatic carbocycles. The second-order valence-corrected chi connectivity index (χ2v) is 7.55. The quantitative estimate of drug-likeness (QED) is 0.653. The van der Waals surface area contributed by atoms with Crippen molar-refractivity contribution in [3.63, 3.8) is 0 Å². The van der Waals surface area contributed by atoms with Gasteiger partial charge in [0, 0.05) is 10.6 Å². The third kappa shape index (κ3) is 3.83. The Kier molecular flexibility index (Phi) is 5.12. The van der Waals surface area contributed by atoms with Gasteiger partial charge in [-0.25, -0.2) is 0 Å². The maximum Gasteiger partial charge on any atom is 0.234 e. The summed E-state index contributed by atoms with van der Waals surface area (Å²) in [5.41, 5.74) is 1.96. The molecule has 4 nitrogen and oxygen atoms in total. The monoisotopic (exact) mass is 379 g/mol. The van der Waals surface area contributed by atoms with Crippen LogP contribution in [0.2, 0.25) is 0 Å². The molecule has 1 amide bonds. The minimum Gasteiger partial charge on any atom is -0.497 e. The van der Waals surface area contributed by atoms with Crippen LogP contribution in [0.1, 0.15) is 10.4 Å². The van der Waals surface area contributed by atoms with Gasteiger partial charge in [-0.15, -0.1) is 11.3 Å².